The zero-order valence-corrected chi connectivity index (χ0v) is 13.7. The van der Waals surface area contributed by atoms with Crippen molar-refractivity contribution in [2.24, 2.45) is 0 Å². The van der Waals surface area contributed by atoms with Crippen LogP contribution >= 0.6 is 0 Å². The molecule has 2 aromatic rings. The van der Waals surface area contributed by atoms with Crippen LogP contribution in [0.1, 0.15) is 11.1 Å². The second-order valence-electron chi connectivity index (χ2n) is 5.13. The Morgan fingerprint density at radius 2 is 1.78 bits per heavy atom. The molecule has 2 amide bonds. The molecule has 23 heavy (non-hydrogen) atoms. The van der Waals surface area contributed by atoms with Gasteiger partial charge in [-0.15, -0.1) is 0 Å². The Bertz CT molecular complexity index is 671. The third-order valence-electron chi connectivity index (χ3n) is 3.56. The number of para-hydroxylation sites is 2. The summed E-state index contributed by atoms with van der Waals surface area (Å²) < 4.78 is 10.9. The van der Waals surface area contributed by atoms with E-state index < -0.39 is 0 Å². The fourth-order valence-corrected chi connectivity index (χ4v) is 2.12. The lowest BCUT2D eigenvalue weighted by Gasteiger charge is -2.13. The van der Waals surface area contributed by atoms with E-state index in [0.29, 0.717) is 24.6 Å². The first-order valence-corrected chi connectivity index (χ1v) is 7.48. The molecule has 0 aliphatic rings. The van der Waals surface area contributed by atoms with Crippen LogP contribution in [0.2, 0.25) is 0 Å². The lowest BCUT2D eigenvalue weighted by Crippen LogP contribution is -2.32. The number of anilines is 1. The van der Waals surface area contributed by atoms with E-state index in [1.54, 1.807) is 19.2 Å². The Hall–Kier alpha value is -2.69. The number of carbonyl (C=O) groups is 1. The Labute approximate surface area is 136 Å². The summed E-state index contributed by atoms with van der Waals surface area (Å²) in [7, 11) is 1.57. The molecular weight excluding hydrogens is 292 g/mol. The highest BCUT2D eigenvalue weighted by Gasteiger charge is 2.06. The first-order chi connectivity index (χ1) is 11.1. The maximum absolute atomic E-state index is 11.9. The molecule has 0 aliphatic heterocycles. The van der Waals surface area contributed by atoms with E-state index in [2.05, 4.69) is 10.6 Å². The van der Waals surface area contributed by atoms with Crippen molar-refractivity contribution in [3.63, 3.8) is 0 Å². The standard InChI is InChI=1S/C18H22N2O3/c1-13-7-6-10-16(14(13)2)23-12-11-19-18(21)20-15-8-4-5-9-17(15)22-3/h4-10H,11-12H2,1-3H3,(H2,19,20,21). The maximum atomic E-state index is 11.9. The molecule has 0 spiro atoms. The van der Waals surface area contributed by atoms with E-state index in [4.69, 9.17) is 9.47 Å². The van der Waals surface area contributed by atoms with Crippen molar-refractivity contribution in [1.29, 1.82) is 0 Å². The summed E-state index contributed by atoms with van der Waals surface area (Å²) in [5.41, 5.74) is 2.93. The number of urea groups is 1. The first-order valence-electron chi connectivity index (χ1n) is 7.48. The number of benzene rings is 2. The second kappa shape index (κ2) is 8.08. The van der Waals surface area contributed by atoms with Crippen LogP contribution in [0.4, 0.5) is 10.5 Å². The van der Waals surface area contributed by atoms with Crippen molar-refractivity contribution in [1.82, 2.24) is 5.32 Å². The van der Waals surface area contributed by atoms with Gasteiger partial charge < -0.3 is 20.1 Å². The number of rotatable bonds is 6. The number of nitrogens with one attached hydrogen (secondary N) is 2. The zero-order valence-electron chi connectivity index (χ0n) is 13.7. The van der Waals surface area contributed by atoms with Crippen molar-refractivity contribution in [2.45, 2.75) is 13.8 Å². The summed E-state index contributed by atoms with van der Waals surface area (Å²) in [6.07, 6.45) is 0. The minimum Gasteiger partial charge on any atom is -0.495 e. The Balaban J connectivity index is 1.78. The van der Waals surface area contributed by atoms with E-state index in [-0.39, 0.29) is 6.03 Å². The molecule has 0 heterocycles. The summed E-state index contributed by atoms with van der Waals surface area (Å²) in [5.74, 6) is 1.46. The topological polar surface area (TPSA) is 59.6 Å². The van der Waals surface area contributed by atoms with Gasteiger partial charge in [-0.1, -0.05) is 24.3 Å². The quantitative estimate of drug-likeness (QED) is 0.802. The molecule has 122 valence electrons. The normalized spacial score (nSPS) is 10.0. The number of carbonyl (C=O) groups excluding carboxylic acids is 1. The molecule has 5 nitrogen and oxygen atoms in total. The third kappa shape index (κ3) is 4.64. The summed E-state index contributed by atoms with van der Waals surface area (Å²) in [6, 6.07) is 12.9. The van der Waals surface area contributed by atoms with Gasteiger partial charge >= 0.3 is 6.03 Å². The smallest absolute Gasteiger partial charge is 0.319 e. The van der Waals surface area contributed by atoms with Gasteiger partial charge in [-0.3, -0.25) is 0 Å². The summed E-state index contributed by atoms with van der Waals surface area (Å²) in [6.45, 7) is 4.88. The molecule has 0 unspecified atom stereocenters. The van der Waals surface area contributed by atoms with E-state index in [0.717, 1.165) is 11.3 Å². The number of aryl methyl sites for hydroxylation is 1. The minimum atomic E-state index is -0.293. The maximum Gasteiger partial charge on any atom is 0.319 e. The largest absolute Gasteiger partial charge is 0.495 e. The minimum absolute atomic E-state index is 0.293. The third-order valence-corrected chi connectivity index (χ3v) is 3.56. The molecular formula is C18H22N2O3. The van der Waals surface area contributed by atoms with Crippen molar-refractivity contribution in [2.75, 3.05) is 25.6 Å². The van der Waals surface area contributed by atoms with Gasteiger partial charge in [-0.2, -0.15) is 0 Å². The van der Waals surface area contributed by atoms with Crippen LogP contribution in [-0.2, 0) is 0 Å². The predicted octanol–water partition coefficient (Wildman–Crippen LogP) is 3.51. The summed E-state index contributed by atoms with van der Waals surface area (Å²) >= 11 is 0. The highest BCUT2D eigenvalue weighted by atomic mass is 16.5. The van der Waals surface area contributed by atoms with Crippen LogP contribution in [0.15, 0.2) is 42.5 Å². The van der Waals surface area contributed by atoms with Crippen molar-refractivity contribution >= 4 is 11.7 Å². The van der Waals surface area contributed by atoms with Gasteiger partial charge in [-0.05, 0) is 43.2 Å². The van der Waals surface area contributed by atoms with Gasteiger partial charge in [0, 0.05) is 0 Å². The lowest BCUT2D eigenvalue weighted by atomic mass is 10.1. The number of methoxy groups -OCH3 is 1. The number of amides is 2. The van der Waals surface area contributed by atoms with Crippen molar-refractivity contribution < 1.29 is 14.3 Å². The SMILES string of the molecule is COc1ccccc1NC(=O)NCCOc1cccc(C)c1C. The van der Waals surface area contributed by atoms with Crippen LogP contribution in [0.25, 0.3) is 0 Å². The lowest BCUT2D eigenvalue weighted by molar-refractivity contribution is 0.247. The van der Waals surface area contributed by atoms with Crippen molar-refractivity contribution in [3.8, 4) is 11.5 Å². The molecule has 0 radical (unpaired) electrons. The van der Waals surface area contributed by atoms with Crippen LogP contribution in [0.5, 0.6) is 11.5 Å². The van der Waals surface area contributed by atoms with Crippen LogP contribution in [0, 0.1) is 13.8 Å². The van der Waals surface area contributed by atoms with Crippen molar-refractivity contribution in [3.05, 3.63) is 53.6 Å². The molecule has 2 aromatic carbocycles. The van der Waals surface area contributed by atoms with Gasteiger partial charge in [0.15, 0.2) is 0 Å². The molecule has 2 rings (SSSR count). The van der Waals surface area contributed by atoms with Crippen LogP contribution in [0.3, 0.4) is 0 Å². The van der Waals surface area contributed by atoms with Gasteiger partial charge in [0.25, 0.3) is 0 Å². The fraction of sp³-hybridized carbons (Fsp3) is 0.278. The molecule has 0 saturated heterocycles. The average molecular weight is 314 g/mol. The van der Waals surface area contributed by atoms with E-state index in [1.165, 1.54) is 5.56 Å². The highest BCUT2D eigenvalue weighted by molar-refractivity contribution is 5.90. The summed E-state index contributed by atoms with van der Waals surface area (Å²) in [5, 5.41) is 5.51. The van der Waals surface area contributed by atoms with Gasteiger partial charge in [0.2, 0.25) is 0 Å². The predicted molar refractivity (Wildman–Crippen MR) is 91.4 cm³/mol. The number of hydrogen-bond acceptors (Lipinski definition) is 3. The molecule has 0 atom stereocenters. The molecule has 0 aromatic heterocycles. The highest BCUT2D eigenvalue weighted by Crippen LogP contribution is 2.22. The molecule has 5 heteroatoms. The van der Waals surface area contributed by atoms with Crippen LogP contribution in [-0.4, -0.2) is 26.3 Å². The van der Waals surface area contributed by atoms with E-state index in [9.17, 15) is 4.79 Å². The molecule has 0 saturated carbocycles. The molecule has 0 fully saturated rings. The zero-order chi connectivity index (χ0) is 16.7. The van der Waals surface area contributed by atoms with Gasteiger partial charge in [0.05, 0.1) is 19.3 Å². The van der Waals surface area contributed by atoms with Crippen LogP contribution < -0.4 is 20.1 Å². The van der Waals surface area contributed by atoms with Gasteiger partial charge in [-0.25, -0.2) is 4.79 Å². The Kier molecular flexibility index (Phi) is 5.86. The monoisotopic (exact) mass is 314 g/mol. The average Bonchev–Trinajstić information content (AvgIpc) is 2.55. The molecule has 0 aliphatic carbocycles. The van der Waals surface area contributed by atoms with E-state index in [1.807, 2.05) is 44.2 Å². The molecule has 0 bridgehead atoms. The summed E-state index contributed by atoms with van der Waals surface area (Å²) in [4.78, 5) is 11.9. The molecule has 2 N–H and O–H groups in total. The van der Waals surface area contributed by atoms with Gasteiger partial charge in [0.1, 0.15) is 18.1 Å². The number of hydrogen-bond donors (Lipinski definition) is 2. The van der Waals surface area contributed by atoms with E-state index >= 15 is 0 Å². The number of ether oxygens (including phenoxy) is 2. The Morgan fingerprint density at radius 1 is 1.04 bits per heavy atom. The fourth-order valence-electron chi connectivity index (χ4n) is 2.12. The second-order valence-corrected chi connectivity index (χ2v) is 5.13. The first kappa shape index (κ1) is 16.7. The Morgan fingerprint density at radius 3 is 2.57 bits per heavy atom.